The average molecular weight is 265 g/mol. The number of hydrogen-bond acceptors (Lipinski definition) is 3. The molecular weight excluding hydrogens is 242 g/mol. The molecule has 1 saturated carbocycles. The summed E-state index contributed by atoms with van der Waals surface area (Å²) in [4.78, 5) is 15.9. The van der Waals surface area contributed by atoms with Crippen LogP contribution in [-0.2, 0) is 4.74 Å². The van der Waals surface area contributed by atoms with Gasteiger partial charge in [-0.15, -0.1) is 0 Å². The lowest BCUT2D eigenvalue weighted by Crippen LogP contribution is -2.34. The van der Waals surface area contributed by atoms with Crippen molar-refractivity contribution >= 4 is 5.97 Å². The van der Waals surface area contributed by atoms with Gasteiger partial charge in [-0.1, -0.05) is 20.8 Å². The number of hydrogen-bond donors (Lipinski definition) is 0. The molecule has 1 fully saturated rings. The van der Waals surface area contributed by atoms with Gasteiger partial charge in [0.2, 0.25) is 0 Å². The van der Waals surface area contributed by atoms with Crippen LogP contribution in [0, 0.1) is 11.3 Å². The Bertz CT molecular complexity index is 417. The maximum absolute atomic E-state index is 12.0. The molecular formula is C15H23NO3. The number of pyridine rings is 1. The van der Waals surface area contributed by atoms with Crippen molar-refractivity contribution in [3.05, 3.63) is 30.1 Å². The smallest absolute Gasteiger partial charge is 0.339 e. The van der Waals surface area contributed by atoms with Crippen molar-refractivity contribution in [3.8, 4) is 0 Å². The first-order valence-corrected chi connectivity index (χ1v) is 6.57. The average Bonchev–Trinajstić information content (AvgIpc) is 2.27. The first-order valence-electron chi connectivity index (χ1n) is 6.57. The second-order valence-corrected chi connectivity index (χ2v) is 6.18. The van der Waals surface area contributed by atoms with Gasteiger partial charge in [-0.2, -0.15) is 0 Å². The molecule has 1 aliphatic carbocycles. The van der Waals surface area contributed by atoms with Crippen LogP contribution in [0.2, 0.25) is 0 Å². The molecule has 0 spiro atoms. The quantitative estimate of drug-likeness (QED) is 0.772. The summed E-state index contributed by atoms with van der Waals surface area (Å²) in [5.41, 5.74) is 0.797. The van der Waals surface area contributed by atoms with Gasteiger partial charge < -0.3 is 10.2 Å². The van der Waals surface area contributed by atoms with Gasteiger partial charge in [0.05, 0.1) is 5.56 Å². The molecule has 2 N–H and O–H groups in total. The predicted octanol–water partition coefficient (Wildman–Crippen LogP) is 2.63. The number of nitrogens with zero attached hydrogens (tertiary/aromatic N) is 1. The summed E-state index contributed by atoms with van der Waals surface area (Å²) in [7, 11) is 0. The lowest BCUT2D eigenvalue weighted by Gasteiger charge is -2.38. The molecule has 1 aromatic heterocycles. The van der Waals surface area contributed by atoms with Crippen LogP contribution in [0.4, 0.5) is 0 Å². The van der Waals surface area contributed by atoms with Crippen LogP contribution >= 0.6 is 0 Å². The monoisotopic (exact) mass is 265 g/mol. The molecule has 106 valence electrons. The van der Waals surface area contributed by atoms with E-state index in [4.69, 9.17) is 4.74 Å². The minimum absolute atomic E-state index is 0. The van der Waals surface area contributed by atoms with E-state index in [1.54, 1.807) is 24.5 Å². The molecule has 4 heteroatoms. The number of ether oxygens (including phenoxy) is 1. The number of esters is 1. The zero-order valence-corrected chi connectivity index (χ0v) is 11.8. The molecule has 0 radical (unpaired) electrons. The zero-order valence-electron chi connectivity index (χ0n) is 11.8. The highest BCUT2D eigenvalue weighted by Gasteiger charge is 2.34. The molecule has 0 aliphatic heterocycles. The van der Waals surface area contributed by atoms with Gasteiger partial charge in [-0.05, 0) is 42.7 Å². The molecule has 4 nitrogen and oxygen atoms in total. The van der Waals surface area contributed by atoms with Gasteiger partial charge in [0.25, 0.3) is 0 Å². The SMILES string of the molecule is C[C@@H]1C[C@@H](OC(=O)c2cccnc2)CC(C)(C)C1.O. The van der Waals surface area contributed by atoms with E-state index in [0.717, 1.165) is 12.8 Å². The van der Waals surface area contributed by atoms with Crippen LogP contribution in [-0.4, -0.2) is 22.5 Å². The fourth-order valence-electron chi connectivity index (χ4n) is 3.05. The van der Waals surface area contributed by atoms with Crippen molar-refractivity contribution in [3.63, 3.8) is 0 Å². The van der Waals surface area contributed by atoms with Gasteiger partial charge >= 0.3 is 5.97 Å². The van der Waals surface area contributed by atoms with E-state index >= 15 is 0 Å². The summed E-state index contributed by atoms with van der Waals surface area (Å²) >= 11 is 0. The number of aromatic nitrogens is 1. The second-order valence-electron chi connectivity index (χ2n) is 6.18. The minimum Gasteiger partial charge on any atom is -0.459 e. The van der Waals surface area contributed by atoms with Crippen molar-refractivity contribution in [2.45, 2.75) is 46.1 Å². The highest BCUT2D eigenvalue weighted by Crippen LogP contribution is 2.39. The van der Waals surface area contributed by atoms with Crippen molar-refractivity contribution < 1.29 is 15.0 Å². The molecule has 0 bridgehead atoms. The third-order valence-electron chi connectivity index (χ3n) is 3.52. The molecule has 19 heavy (non-hydrogen) atoms. The Hall–Kier alpha value is -1.42. The second kappa shape index (κ2) is 6.15. The van der Waals surface area contributed by atoms with Gasteiger partial charge in [0.1, 0.15) is 6.10 Å². The van der Waals surface area contributed by atoms with E-state index in [9.17, 15) is 4.79 Å². The van der Waals surface area contributed by atoms with E-state index < -0.39 is 0 Å². The van der Waals surface area contributed by atoms with Crippen LogP contribution in [0.3, 0.4) is 0 Å². The standard InChI is InChI=1S/C15H21NO2.H2O/c1-11-7-13(9-15(2,3)8-11)18-14(17)12-5-4-6-16-10-12;/h4-6,10-11,13H,7-9H2,1-3H3;1H2/t11-,13-;/m1./s1. The Balaban J connectivity index is 0.00000180. The maximum atomic E-state index is 12.0. The predicted molar refractivity (Wildman–Crippen MR) is 73.9 cm³/mol. The van der Waals surface area contributed by atoms with Crippen molar-refractivity contribution in [1.82, 2.24) is 4.98 Å². The Morgan fingerprint density at radius 1 is 1.42 bits per heavy atom. The summed E-state index contributed by atoms with van der Waals surface area (Å²) in [6.07, 6.45) is 6.37. The molecule has 2 atom stereocenters. The van der Waals surface area contributed by atoms with Crippen LogP contribution in [0.15, 0.2) is 24.5 Å². The third-order valence-corrected chi connectivity index (χ3v) is 3.52. The molecule has 0 aromatic carbocycles. The zero-order chi connectivity index (χ0) is 13.2. The van der Waals surface area contributed by atoms with E-state index in [0.29, 0.717) is 11.5 Å². The molecule has 0 unspecified atom stereocenters. The Morgan fingerprint density at radius 3 is 2.74 bits per heavy atom. The molecule has 1 aliphatic rings. The highest BCUT2D eigenvalue weighted by molar-refractivity contribution is 5.89. The summed E-state index contributed by atoms with van der Waals surface area (Å²) in [5.74, 6) is 0.360. The lowest BCUT2D eigenvalue weighted by atomic mass is 9.71. The molecule has 1 aromatic rings. The molecule has 0 amide bonds. The molecule has 1 heterocycles. The van der Waals surface area contributed by atoms with Gasteiger partial charge in [-0.3, -0.25) is 4.98 Å². The van der Waals surface area contributed by atoms with E-state index in [2.05, 4.69) is 25.8 Å². The number of carbonyl (C=O) groups is 1. The van der Waals surface area contributed by atoms with Gasteiger partial charge in [0, 0.05) is 12.4 Å². The summed E-state index contributed by atoms with van der Waals surface area (Å²) < 4.78 is 5.60. The van der Waals surface area contributed by atoms with E-state index in [1.807, 2.05) is 0 Å². The van der Waals surface area contributed by atoms with Crippen LogP contribution in [0.5, 0.6) is 0 Å². The summed E-state index contributed by atoms with van der Waals surface area (Å²) in [5, 5.41) is 0. The largest absolute Gasteiger partial charge is 0.459 e. The fourth-order valence-corrected chi connectivity index (χ4v) is 3.05. The van der Waals surface area contributed by atoms with Crippen molar-refractivity contribution in [2.75, 3.05) is 0 Å². The summed E-state index contributed by atoms with van der Waals surface area (Å²) in [6.45, 7) is 6.72. The fraction of sp³-hybridized carbons (Fsp3) is 0.600. The topological polar surface area (TPSA) is 70.7 Å². The van der Waals surface area contributed by atoms with Gasteiger partial charge in [-0.25, -0.2) is 4.79 Å². The first kappa shape index (κ1) is 15.6. The molecule has 2 rings (SSSR count). The first-order chi connectivity index (χ1) is 8.46. The van der Waals surface area contributed by atoms with Crippen molar-refractivity contribution in [1.29, 1.82) is 0 Å². The normalized spacial score (nSPS) is 25.2. The number of rotatable bonds is 2. The molecule has 0 saturated heterocycles. The highest BCUT2D eigenvalue weighted by atomic mass is 16.5. The lowest BCUT2D eigenvalue weighted by molar-refractivity contribution is -0.00717. The van der Waals surface area contributed by atoms with E-state index in [-0.39, 0.29) is 23.0 Å². The van der Waals surface area contributed by atoms with Crippen LogP contribution in [0.1, 0.15) is 50.4 Å². The van der Waals surface area contributed by atoms with Gasteiger partial charge in [0.15, 0.2) is 0 Å². The number of carbonyl (C=O) groups excluding carboxylic acids is 1. The Labute approximate surface area is 114 Å². The summed E-state index contributed by atoms with van der Waals surface area (Å²) in [6, 6.07) is 3.50. The Morgan fingerprint density at radius 2 is 2.16 bits per heavy atom. The van der Waals surface area contributed by atoms with Crippen LogP contribution < -0.4 is 0 Å². The maximum Gasteiger partial charge on any atom is 0.339 e. The van der Waals surface area contributed by atoms with E-state index in [1.165, 1.54) is 6.42 Å². The Kier molecular flexibility index (Phi) is 5.06. The van der Waals surface area contributed by atoms with Crippen LogP contribution in [0.25, 0.3) is 0 Å². The third kappa shape index (κ3) is 4.31. The van der Waals surface area contributed by atoms with Crippen molar-refractivity contribution in [2.24, 2.45) is 11.3 Å². The minimum atomic E-state index is -0.252.